The van der Waals surface area contributed by atoms with Crippen molar-refractivity contribution in [2.45, 2.75) is 50.0 Å². The Kier molecular flexibility index (Phi) is 7.28. The van der Waals surface area contributed by atoms with Gasteiger partial charge in [0.1, 0.15) is 5.75 Å². The van der Waals surface area contributed by atoms with E-state index in [0.29, 0.717) is 12.3 Å². The average molecular weight is 417 g/mol. The maximum atomic E-state index is 13.3. The molecule has 1 saturated carbocycles. The van der Waals surface area contributed by atoms with Gasteiger partial charge in [-0.25, -0.2) is 8.42 Å². The Hall–Kier alpha value is -2.38. The largest absolute Gasteiger partial charge is 0.494 e. The van der Waals surface area contributed by atoms with E-state index in [0.717, 1.165) is 37.9 Å². The number of amides is 1. The first-order chi connectivity index (χ1) is 14.0. The second kappa shape index (κ2) is 9.89. The van der Waals surface area contributed by atoms with Crippen LogP contribution in [0.25, 0.3) is 0 Å². The van der Waals surface area contributed by atoms with Crippen molar-refractivity contribution in [2.75, 3.05) is 18.5 Å². The Morgan fingerprint density at radius 2 is 1.69 bits per heavy atom. The molecule has 1 N–H and O–H groups in total. The fourth-order valence-electron chi connectivity index (χ4n) is 3.65. The first-order valence-electron chi connectivity index (χ1n) is 10.1. The molecular formula is C22H28N2O4S. The molecule has 1 fully saturated rings. The van der Waals surface area contributed by atoms with Crippen LogP contribution in [0.1, 0.15) is 39.0 Å². The molecule has 0 bridgehead atoms. The Morgan fingerprint density at radius 3 is 2.31 bits per heavy atom. The number of nitrogens with one attached hydrogen (secondary N) is 1. The predicted molar refractivity (Wildman–Crippen MR) is 113 cm³/mol. The number of hydrogen-bond acceptors (Lipinski definition) is 4. The third-order valence-corrected chi connectivity index (χ3v) is 6.99. The summed E-state index contributed by atoms with van der Waals surface area (Å²) in [6.07, 6.45) is 4.62. The number of ether oxygens (including phenoxy) is 1. The molecule has 0 atom stereocenters. The third-order valence-electron chi connectivity index (χ3n) is 5.08. The first-order valence-corrected chi connectivity index (χ1v) is 11.5. The minimum absolute atomic E-state index is 0.153. The number of nitrogens with zero attached hydrogens (tertiary/aromatic N) is 1. The second-order valence-corrected chi connectivity index (χ2v) is 9.05. The van der Waals surface area contributed by atoms with Crippen LogP contribution in [0, 0.1) is 0 Å². The van der Waals surface area contributed by atoms with Crippen LogP contribution in [0.4, 0.5) is 5.69 Å². The fraction of sp³-hybridized carbons (Fsp3) is 0.409. The molecule has 2 aromatic rings. The Labute approximate surface area is 172 Å². The highest BCUT2D eigenvalue weighted by atomic mass is 32.2. The molecule has 3 rings (SSSR count). The van der Waals surface area contributed by atoms with Gasteiger partial charge in [-0.2, -0.15) is 4.31 Å². The maximum Gasteiger partial charge on any atom is 0.243 e. The van der Waals surface area contributed by atoms with Gasteiger partial charge in [-0.15, -0.1) is 0 Å². The molecule has 156 valence electrons. The summed E-state index contributed by atoms with van der Waals surface area (Å²) in [4.78, 5) is 12.9. The van der Waals surface area contributed by atoms with Crippen LogP contribution in [0.3, 0.4) is 0 Å². The average Bonchev–Trinajstić information content (AvgIpc) is 2.75. The predicted octanol–water partition coefficient (Wildman–Crippen LogP) is 4.05. The van der Waals surface area contributed by atoms with E-state index in [4.69, 9.17) is 4.74 Å². The number of hydrogen-bond donors (Lipinski definition) is 1. The highest BCUT2D eigenvalue weighted by Crippen LogP contribution is 2.28. The van der Waals surface area contributed by atoms with Crippen molar-refractivity contribution in [2.24, 2.45) is 0 Å². The molecule has 0 aromatic heterocycles. The molecule has 29 heavy (non-hydrogen) atoms. The van der Waals surface area contributed by atoms with E-state index in [2.05, 4.69) is 5.32 Å². The van der Waals surface area contributed by atoms with Crippen molar-refractivity contribution in [3.63, 3.8) is 0 Å². The van der Waals surface area contributed by atoms with Gasteiger partial charge in [-0.1, -0.05) is 37.5 Å². The van der Waals surface area contributed by atoms with Crippen molar-refractivity contribution in [3.8, 4) is 5.75 Å². The number of anilines is 1. The minimum Gasteiger partial charge on any atom is -0.494 e. The van der Waals surface area contributed by atoms with Crippen LogP contribution in [0.15, 0.2) is 59.5 Å². The zero-order valence-corrected chi connectivity index (χ0v) is 17.5. The van der Waals surface area contributed by atoms with Crippen molar-refractivity contribution < 1.29 is 17.9 Å². The first kappa shape index (κ1) is 21.3. The second-order valence-electron chi connectivity index (χ2n) is 7.16. The molecule has 1 aliphatic carbocycles. The summed E-state index contributed by atoms with van der Waals surface area (Å²) in [5.41, 5.74) is 0.610. The molecule has 0 aliphatic heterocycles. The molecule has 7 heteroatoms. The summed E-state index contributed by atoms with van der Waals surface area (Å²) in [7, 11) is -3.75. The van der Waals surface area contributed by atoms with E-state index in [1.165, 1.54) is 4.31 Å². The number of carbonyl (C=O) groups excluding carboxylic acids is 1. The zero-order chi connectivity index (χ0) is 20.7. The van der Waals surface area contributed by atoms with Crippen molar-refractivity contribution in [1.82, 2.24) is 4.31 Å². The third kappa shape index (κ3) is 5.58. The molecule has 6 nitrogen and oxygen atoms in total. The maximum absolute atomic E-state index is 13.3. The lowest BCUT2D eigenvalue weighted by Crippen LogP contribution is -2.45. The Balaban J connectivity index is 1.76. The SMILES string of the molecule is CCOc1ccc(NC(=O)CN(C2CCCCC2)S(=O)(=O)c2ccccc2)cc1. The summed E-state index contributed by atoms with van der Waals surface area (Å²) >= 11 is 0. The van der Waals surface area contributed by atoms with Crippen LogP contribution in [-0.2, 0) is 14.8 Å². The van der Waals surface area contributed by atoms with Gasteiger partial charge >= 0.3 is 0 Å². The van der Waals surface area contributed by atoms with Gasteiger partial charge in [0, 0.05) is 11.7 Å². The molecular weight excluding hydrogens is 388 g/mol. The topological polar surface area (TPSA) is 75.7 Å². The van der Waals surface area contributed by atoms with Crippen LogP contribution in [0.2, 0.25) is 0 Å². The monoisotopic (exact) mass is 416 g/mol. The summed E-state index contributed by atoms with van der Waals surface area (Å²) in [5, 5.41) is 2.80. The fourth-order valence-corrected chi connectivity index (χ4v) is 5.31. The molecule has 0 unspecified atom stereocenters. The van der Waals surface area contributed by atoms with Gasteiger partial charge in [-0.05, 0) is 56.2 Å². The Bertz CT molecular complexity index is 892. The minimum atomic E-state index is -3.75. The van der Waals surface area contributed by atoms with E-state index in [9.17, 15) is 13.2 Å². The molecule has 0 spiro atoms. The molecule has 0 saturated heterocycles. The number of rotatable bonds is 8. The van der Waals surface area contributed by atoms with E-state index in [1.807, 2.05) is 6.92 Å². The summed E-state index contributed by atoms with van der Waals surface area (Å²) in [6, 6.07) is 15.2. The van der Waals surface area contributed by atoms with E-state index in [-0.39, 0.29) is 23.4 Å². The highest BCUT2D eigenvalue weighted by Gasteiger charge is 2.33. The Morgan fingerprint density at radius 1 is 1.03 bits per heavy atom. The summed E-state index contributed by atoms with van der Waals surface area (Å²) in [5.74, 6) is 0.375. The van der Waals surface area contributed by atoms with Crippen LogP contribution in [-0.4, -0.2) is 37.8 Å². The van der Waals surface area contributed by atoms with Crippen LogP contribution in [0.5, 0.6) is 5.75 Å². The zero-order valence-electron chi connectivity index (χ0n) is 16.7. The quantitative estimate of drug-likeness (QED) is 0.704. The normalized spacial score (nSPS) is 15.2. The number of sulfonamides is 1. The van der Waals surface area contributed by atoms with Crippen molar-refractivity contribution >= 4 is 21.6 Å². The molecule has 1 amide bonds. The van der Waals surface area contributed by atoms with Gasteiger partial charge < -0.3 is 10.1 Å². The smallest absolute Gasteiger partial charge is 0.243 e. The molecule has 2 aromatic carbocycles. The molecule has 1 aliphatic rings. The lowest BCUT2D eigenvalue weighted by atomic mass is 9.95. The van der Waals surface area contributed by atoms with E-state index in [1.54, 1.807) is 54.6 Å². The lowest BCUT2D eigenvalue weighted by molar-refractivity contribution is -0.116. The van der Waals surface area contributed by atoms with Crippen LogP contribution >= 0.6 is 0 Å². The van der Waals surface area contributed by atoms with Gasteiger partial charge in [0.05, 0.1) is 18.0 Å². The molecule has 0 radical (unpaired) electrons. The number of carbonyl (C=O) groups is 1. The summed E-state index contributed by atoms with van der Waals surface area (Å²) in [6.45, 7) is 2.28. The lowest BCUT2D eigenvalue weighted by Gasteiger charge is -2.33. The molecule has 0 heterocycles. The van der Waals surface area contributed by atoms with Crippen molar-refractivity contribution in [3.05, 3.63) is 54.6 Å². The van der Waals surface area contributed by atoms with Crippen molar-refractivity contribution in [1.29, 1.82) is 0 Å². The van der Waals surface area contributed by atoms with Gasteiger partial charge in [0.25, 0.3) is 0 Å². The van der Waals surface area contributed by atoms with Gasteiger partial charge in [-0.3, -0.25) is 4.79 Å². The van der Waals surface area contributed by atoms with Gasteiger partial charge in [0.15, 0.2) is 0 Å². The van der Waals surface area contributed by atoms with E-state index >= 15 is 0 Å². The standard InChI is InChI=1S/C22H28N2O4S/c1-2-28-20-15-13-18(14-16-20)23-22(25)17-24(19-9-5-3-6-10-19)29(26,27)21-11-7-4-8-12-21/h4,7-8,11-16,19H,2-3,5-6,9-10,17H2,1H3,(H,23,25). The van der Waals surface area contributed by atoms with E-state index < -0.39 is 10.0 Å². The summed E-state index contributed by atoms with van der Waals surface area (Å²) < 4.78 is 33.3. The number of benzene rings is 2. The van der Waals surface area contributed by atoms with Gasteiger partial charge in [0.2, 0.25) is 15.9 Å². The highest BCUT2D eigenvalue weighted by molar-refractivity contribution is 7.89. The van der Waals surface area contributed by atoms with Crippen LogP contribution < -0.4 is 10.1 Å².